The number of fused-ring (bicyclic) bond motifs is 1. The number of hydrogen-bond acceptors (Lipinski definition) is 5. The Balaban J connectivity index is 1.88. The summed E-state index contributed by atoms with van der Waals surface area (Å²) in [6.07, 6.45) is 0.916. The van der Waals surface area contributed by atoms with E-state index in [1.54, 1.807) is 18.9 Å². The largest absolute Gasteiger partial charge is 0.496 e. The highest BCUT2D eigenvalue weighted by Crippen LogP contribution is 2.34. The number of hydrogen-bond donors (Lipinski definition) is 1. The lowest BCUT2D eigenvalue weighted by atomic mass is 10.1. The number of nitrogens with zero attached hydrogens (tertiary/aromatic N) is 3. The Bertz CT molecular complexity index is 626. The molecule has 2 heterocycles. The molecular weight excluding hydrogens is 284 g/mol. The van der Waals surface area contributed by atoms with Crippen LogP contribution >= 0.6 is 11.8 Å². The summed E-state index contributed by atoms with van der Waals surface area (Å²) in [7, 11) is 1.71. The first-order chi connectivity index (χ1) is 10.2. The fourth-order valence-electron chi connectivity index (χ4n) is 2.49. The van der Waals surface area contributed by atoms with Gasteiger partial charge in [-0.25, -0.2) is 4.68 Å². The maximum atomic E-state index is 5.47. The molecule has 1 N–H and O–H groups in total. The number of benzene rings is 1. The van der Waals surface area contributed by atoms with Gasteiger partial charge in [0.15, 0.2) is 5.82 Å². The standard InChI is InChI=1S/C15H20N4OS/c1-10(2)8-14-16-17-15-19(14)18-12(9-21-15)11-6-4-5-7-13(11)20-3/h4-7,10,12,18H,8-9H2,1-3H3. The Hall–Kier alpha value is -1.69. The molecule has 6 heteroatoms. The van der Waals surface area contributed by atoms with Crippen LogP contribution in [0.15, 0.2) is 29.4 Å². The predicted molar refractivity (Wildman–Crippen MR) is 84.4 cm³/mol. The third-order valence-electron chi connectivity index (χ3n) is 3.47. The molecule has 1 aromatic carbocycles. The molecular formula is C15H20N4OS. The third-order valence-corrected chi connectivity index (χ3v) is 4.49. The average molecular weight is 304 g/mol. The van der Waals surface area contributed by atoms with Gasteiger partial charge >= 0.3 is 0 Å². The van der Waals surface area contributed by atoms with E-state index < -0.39 is 0 Å². The van der Waals surface area contributed by atoms with Gasteiger partial charge in [-0.15, -0.1) is 10.2 Å². The van der Waals surface area contributed by atoms with Crippen LogP contribution in [0, 0.1) is 5.92 Å². The number of thioether (sulfide) groups is 1. The minimum absolute atomic E-state index is 0.195. The molecule has 21 heavy (non-hydrogen) atoms. The quantitative estimate of drug-likeness (QED) is 0.941. The van der Waals surface area contributed by atoms with E-state index in [1.165, 1.54) is 5.56 Å². The van der Waals surface area contributed by atoms with Crippen molar-refractivity contribution in [3.05, 3.63) is 35.7 Å². The van der Waals surface area contributed by atoms with Crippen LogP contribution in [0.3, 0.4) is 0 Å². The van der Waals surface area contributed by atoms with Crippen LogP contribution in [0.5, 0.6) is 5.75 Å². The van der Waals surface area contributed by atoms with Gasteiger partial charge in [-0.3, -0.25) is 0 Å². The SMILES string of the molecule is COc1ccccc1C1CSc2nnc(CC(C)C)n2N1. The lowest BCUT2D eigenvalue weighted by molar-refractivity contribution is 0.406. The van der Waals surface area contributed by atoms with E-state index in [2.05, 4.69) is 35.5 Å². The van der Waals surface area contributed by atoms with E-state index in [9.17, 15) is 0 Å². The molecule has 0 bridgehead atoms. The van der Waals surface area contributed by atoms with Crippen molar-refractivity contribution in [1.82, 2.24) is 14.9 Å². The Kier molecular flexibility index (Phi) is 4.05. The van der Waals surface area contributed by atoms with E-state index >= 15 is 0 Å². The molecule has 3 rings (SSSR count). The molecule has 1 aromatic heterocycles. The first-order valence-electron chi connectivity index (χ1n) is 7.15. The minimum Gasteiger partial charge on any atom is -0.496 e. The van der Waals surface area contributed by atoms with Crippen molar-refractivity contribution < 1.29 is 4.74 Å². The second kappa shape index (κ2) is 5.97. The van der Waals surface area contributed by atoms with Crippen LogP contribution in [0.4, 0.5) is 0 Å². The molecule has 1 aliphatic heterocycles. The highest BCUT2D eigenvalue weighted by Gasteiger charge is 2.25. The van der Waals surface area contributed by atoms with Gasteiger partial charge in [-0.2, -0.15) is 0 Å². The fourth-order valence-corrected chi connectivity index (χ4v) is 3.44. The summed E-state index contributed by atoms with van der Waals surface area (Å²) >= 11 is 1.73. The maximum Gasteiger partial charge on any atom is 0.210 e. The van der Waals surface area contributed by atoms with Gasteiger partial charge in [0.25, 0.3) is 0 Å². The zero-order valence-electron chi connectivity index (χ0n) is 12.5. The van der Waals surface area contributed by atoms with E-state index in [1.807, 2.05) is 22.9 Å². The van der Waals surface area contributed by atoms with Crippen LogP contribution in [0.1, 0.15) is 31.3 Å². The van der Waals surface area contributed by atoms with Crippen molar-refractivity contribution in [2.75, 3.05) is 18.3 Å². The average Bonchev–Trinajstić information content (AvgIpc) is 2.89. The van der Waals surface area contributed by atoms with Gasteiger partial charge in [-0.1, -0.05) is 43.8 Å². The van der Waals surface area contributed by atoms with Crippen molar-refractivity contribution in [2.45, 2.75) is 31.5 Å². The van der Waals surface area contributed by atoms with E-state index in [4.69, 9.17) is 4.74 Å². The highest BCUT2D eigenvalue weighted by atomic mass is 32.2. The molecule has 112 valence electrons. The molecule has 1 atom stereocenters. The molecule has 0 fully saturated rings. The van der Waals surface area contributed by atoms with Crippen molar-refractivity contribution in [3.8, 4) is 5.75 Å². The number of nitrogens with one attached hydrogen (secondary N) is 1. The van der Waals surface area contributed by atoms with Crippen molar-refractivity contribution in [2.24, 2.45) is 5.92 Å². The van der Waals surface area contributed by atoms with Gasteiger partial charge in [0.2, 0.25) is 5.16 Å². The van der Waals surface area contributed by atoms with Crippen LogP contribution < -0.4 is 10.2 Å². The summed E-state index contributed by atoms with van der Waals surface area (Å²) in [4.78, 5) is 0. The van der Waals surface area contributed by atoms with Crippen molar-refractivity contribution >= 4 is 11.8 Å². The second-order valence-electron chi connectivity index (χ2n) is 5.57. The fraction of sp³-hybridized carbons (Fsp3) is 0.467. The molecule has 0 aliphatic carbocycles. The first kappa shape index (κ1) is 14.3. The normalized spacial score (nSPS) is 17.4. The van der Waals surface area contributed by atoms with Crippen LogP contribution in [0.25, 0.3) is 0 Å². The van der Waals surface area contributed by atoms with Crippen molar-refractivity contribution in [3.63, 3.8) is 0 Å². The monoisotopic (exact) mass is 304 g/mol. The van der Waals surface area contributed by atoms with Crippen LogP contribution in [-0.2, 0) is 6.42 Å². The second-order valence-corrected chi connectivity index (χ2v) is 6.55. The number of rotatable bonds is 4. The number of ether oxygens (including phenoxy) is 1. The summed E-state index contributed by atoms with van der Waals surface area (Å²) in [5.41, 5.74) is 4.70. The molecule has 0 saturated carbocycles. The summed E-state index contributed by atoms with van der Waals surface area (Å²) in [5.74, 6) is 3.38. The van der Waals surface area contributed by atoms with Gasteiger partial charge < -0.3 is 10.2 Å². The molecule has 2 aromatic rings. The Morgan fingerprint density at radius 2 is 2.19 bits per heavy atom. The van der Waals surface area contributed by atoms with E-state index in [0.717, 1.165) is 28.9 Å². The first-order valence-corrected chi connectivity index (χ1v) is 8.14. The van der Waals surface area contributed by atoms with Crippen LogP contribution in [0.2, 0.25) is 0 Å². The van der Waals surface area contributed by atoms with Crippen LogP contribution in [-0.4, -0.2) is 27.7 Å². The van der Waals surface area contributed by atoms with Crippen molar-refractivity contribution in [1.29, 1.82) is 0 Å². The zero-order valence-corrected chi connectivity index (χ0v) is 13.4. The van der Waals surface area contributed by atoms with Gasteiger partial charge in [0.1, 0.15) is 5.75 Å². The molecule has 5 nitrogen and oxygen atoms in total. The molecule has 1 unspecified atom stereocenters. The number of aromatic nitrogens is 3. The smallest absolute Gasteiger partial charge is 0.210 e. The Labute approximate surface area is 129 Å². The maximum absolute atomic E-state index is 5.47. The van der Waals surface area contributed by atoms with Gasteiger partial charge in [0.05, 0.1) is 13.2 Å². The Morgan fingerprint density at radius 1 is 1.38 bits per heavy atom. The third kappa shape index (κ3) is 2.85. The van der Waals surface area contributed by atoms with Gasteiger partial charge in [0, 0.05) is 17.7 Å². The summed E-state index contributed by atoms with van der Waals surface area (Å²) < 4.78 is 7.51. The lowest BCUT2D eigenvalue weighted by Crippen LogP contribution is -2.29. The summed E-state index contributed by atoms with van der Waals surface area (Å²) in [6, 6.07) is 8.33. The molecule has 0 saturated heterocycles. The number of para-hydroxylation sites is 1. The molecule has 1 aliphatic rings. The minimum atomic E-state index is 0.195. The molecule has 0 radical (unpaired) electrons. The lowest BCUT2D eigenvalue weighted by Gasteiger charge is -2.27. The Morgan fingerprint density at radius 3 is 2.95 bits per heavy atom. The highest BCUT2D eigenvalue weighted by molar-refractivity contribution is 7.99. The van der Waals surface area contributed by atoms with E-state index in [-0.39, 0.29) is 6.04 Å². The van der Waals surface area contributed by atoms with Gasteiger partial charge in [-0.05, 0) is 12.0 Å². The predicted octanol–water partition coefficient (Wildman–Crippen LogP) is 2.88. The molecule has 0 amide bonds. The summed E-state index contributed by atoms with van der Waals surface area (Å²) in [6.45, 7) is 4.38. The molecule has 0 spiro atoms. The zero-order chi connectivity index (χ0) is 14.8. The topological polar surface area (TPSA) is 52.0 Å². The summed E-state index contributed by atoms with van der Waals surface area (Å²) in [5, 5.41) is 9.51. The number of methoxy groups -OCH3 is 1. The van der Waals surface area contributed by atoms with E-state index in [0.29, 0.717) is 5.92 Å².